The summed E-state index contributed by atoms with van der Waals surface area (Å²) in [5.74, 6) is 1.33. The molecule has 1 amide bonds. The third-order valence-electron chi connectivity index (χ3n) is 4.50. The Hall–Kier alpha value is -3.54. The first-order chi connectivity index (χ1) is 14.6. The highest BCUT2D eigenvalue weighted by atomic mass is 16.3. The van der Waals surface area contributed by atoms with Gasteiger partial charge < -0.3 is 20.4 Å². The molecule has 3 N–H and O–H groups in total. The number of hydrogen-bond acceptors (Lipinski definition) is 3. The van der Waals surface area contributed by atoms with E-state index in [2.05, 4.69) is 46.1 Å². The number of carbonyl (C=O) groups excluding carboxylic acids is 1. The number of hydrogen-bond donors (Lipinski definition) is 3. The van der Waals surface area contributed by atoms with Crippen LogP contribution in [0.4, 0.5) is 0 Å². The Kier molecular flexibility index (Phi) is 7.66. The first kappa shape index (κ1) is 21.2. The molecule has 0 saturated heterocycles. The standard InChI is InChI=1S/C24H28N4O2/c1-3-25-24(27-15-19-8-4-7-18(2)13-19)28-16-20-9-5-10-21(14-20)23(29)26-17-22-11-6-12-30-22/h4-14H,3,15-17H2,1-2H3,(H,26,29)(H2,25,27,28). The van der Waals surface area contributed by atoms with E-state index < -0.39 is 0 Å². The van der Waals surface area contributed by atoms with E-state index in [4.69, 9.17) is 4.42 Å². The van der Waals surface area contributed by atoms with Crippen LogP contribution in [0.25, 0.3) is 0 Å². The lowest BCUT2D eigenvalue weighted by atomic mass is 10.1. The number of aliphatic imine (C=N–C) groups is 1. The van der Waals surface area contributed by atoms with Crippen LogP contribution in [0, 0.1) is 6.92 Å². The molecule has 3 aromatic rings. The van der Waals surface area contributed by atoms with Crippen molar-refractivity contribution in [2.75, 3.05) is 6.54 Å². The second kappa shape index (κ2) is 10.9. The Labute approximate surface area is 177 Å². The van der Waals surface area contributed by atoms with Gasteiger partial charge in [0.1, 0.15) is 5.76 Å². The number of rotatable bonds is 8. The fourth-order valence-electron chi connectivity index (χ4n) is 3.01. The van der Waals surface area contributed by atoms with Crippen LogP contribution in [0.5, 0.6) is 0 Å². The predicted octanol–water partition coefficient (Wildman–Crippen LogP) is 3.77. The molecule has 0 bridgehead atoms. The van der Waals surface area contributed by atoms with Gasteiger partial charge in [-0.25, -0.2) is 4.99 Å². The van der Waals surface area contributed by atoms with E-state index in [-0.39, 0.29) is 5.91 Å². The Morgan fingerprint density at radius 3 is 2.53 bits per heavy atom. The summed E-state index contributed by atoms with van der Waals surface area (Å²) in [5, 5.41) is 9.46. The van der Waals surface area contributed by atoms with E-state index in [0.29, 0.717) is 25.2 Å². The van der Waals surface area contributed by atoms with Crippen LogP contribution in [0.1, 0.15) is 39.7 Å². The van der Waals surface area contributed by atoms with Crippen LogP contribution in [-0.4, -0.2) is 18.4 Å². The number of nitrogens with zero attached hydrogens (tertiary/aromatic N) is 1. The molecule has 3 rings (SSSR count). The Balaban J connectivity index is 1.58. The van der Waals surface area contributed by atoms with E-state index in [1.807, 2.05) is 37.3 Å². The van der Waals surface area contributed by atoms with Crippen molar-refractivity contribution in [3.8, 4) is 0 Å². The van der Waals surface area contributed by atoms with Gasteiger partial charge in [0.25, 0.3) is 5.91 Å². The highest BCUT2D eigenvalue weighted by Crippen LogP contribution is 2.07. The molecule has 0 unspecified atom stereocenters. The van der Waals surface area contributed by atoms with Crippen LogP contribution in [0.2, 0.25) is 0 Å². The topological polar surface area (TPSA) is 78.7 Å². The van der Waals surface area contributed by atoms with Crippen LogP contribution >= 0.6 is 0 Å². The zero-order valence-electron chi connectivity index (χ0n) is 17.4. The lowest BCUT2D eigenvalue weighted by molar-refractivity contribution is 0.0948. The molecule has 0 atom stereocenters. The number of aryl methyl sites for hydroxylation is 1. The van der Waals surface area contributed by atoms with Gasteiger partial charge in [-0.2, -0.15) is 0 Å². The molecular weight excluding hydrogens is 376 g/mol. The molecule has 1 aromatic heterocycles. The van der Waals surface area contributed by atoms with Gasteiger partial charge in [0.05, 0.1) is 19.4 Å². The highest BCUT2D eigenvalue weighted by molar-refractivity contribution is 5.94. The fourth-order valence-corrected chi connectivity index (χ4v) is 3.01. The quantitative estimate of drug-likeness (QED) is 0.394. The van der Waals surface area contributed by atoms with E-state index in [1.54, 1.807) is 18.4 Å². The molecule has 0 spiro atoms. The first-order valence-corrected chi connectivity index (χ1v) is 10.1. The summed E-state index contributed by atoms with van der Waals surface area (Å²) in [7, 11) is 0. The number of amides is 1. The molecule has 6 heteroatoms. The largest absolute Gasteiger partial charge is 0.467 e. The lowest BCUT2D eigenvalue weighted by Gasteiger charge is -2.12. The zero-order valence-corrected chi connectivity index (χ0v) is 17.4. The second-order valence-electron chi connectivity index (χ2n) is 7.00. The lowest BCUT2D eigenvalue weighted by Crippen LogP contribution is -2.36. The number of furan rings is 1. The average molecular weight is 405 g/mol. The zero-order chi connectivity index (χ0) is 21.2. The molecule has 0 radical (unpaired) electrons. The second-order valence-corrected chi connectivity index (χ2v) is 7.00. The van der Waals surface area contributed by atoms with Gasteiger partial charge in [0.2, 0.25) is 0 Å². The average Bonchev–Trinajstić information content (AvgIpc) is 3.28. The maximum Gasteiger partial charge on any atom is 0.251 e. The monoisotopic (exact) mass is 404 g/mol. The Morgan fingerprint density at radius 1 is 0.933 bits per heavy atom. The van der Waals surface area contributed by atoms with Gasteiger partial charge in [-0.15, -0.1) is 0 Å². The van der Waals surface area contributed by atoms with Crippen molar-refractivity contribution in [1.82, 2.24) is 16.0 Å². The summed E-state index contributed by atoms with van der Waals surface area (Å²) in [6.07, 6.45) is 1.59. The number of benzene rings is 2. The van der Waals surface area contributed by atoms with Crippen molar-refractivity contribution < 1.29 is 9.21 Å². The summed E-state index contributed by atoms with van der Waals surface area (Å²) in [5.41, 5.74) is 4.01. The number of carbonyl (C=O) groups is 1. The summed E-state index contributed by atoms with van der Waals surface area (Å²) >= 11 is 0. The van der Waals surface area contributed by atoms with Crippen LogP contribution < -0.4 is 16.0 Å². The maximum atomic E-state index is 12.4. The van der Waals surface area contributed by atoms with E-state index in [0.717, 1.165) is 23.8 Å². The SMILES string of the molecule is CCNC(=NCc1cccc(C)c1)NCc1cccc(C(=O)NCc2ccco2)c1. The maximum absolute atomic E-state index is 12.4. The molecule has 0 fully saturated rings. The van der Waals surface area contributed by atoms with E-state index in [9.17, 15) is 4.79 Å². The molecule has 2 aromatic carbocycles. The fraction of sp³-hybridized carbons (Fsp3) is 0.250. The minimum absolute atomic E-state index is 0.131. The molecule has 30 heavy (non-hydrogen) atoms. The molecule has 156 valence electrons. The third kappa shape index (κ3) is 6.51. The normalized spacial score (nSPS) is 11.2. The smallest absolute Gasteiger partial charge is 0.251 e. The molecular formula is C24H28N4O2. The van der Waals surface area contributed by atoms with Gasteiger partial charge in [0.15, 0.2) is 5.96 Å². The van der Waals surface area contributed by atoms with Gasteiger partial charge in [-0.1, -0.05) is 42.0 Å². The molecule has 0 aliphatic rings. The summed E-state index contributed by atoms with van der Waals surface area (Å²) in [6.45, 7) is 6.42. The first-order valence-electron chi connectivity index (χ1n) is 10.1. The highest BCUT2D eigenvalue weighted by Gasteiger charge is 2.07. The van der Waals surface area contributed by atoms with Gasteiger partial charge in [-0.05, 0) is 49.2 Å². The number of guanidine groups is 1. The van der Waals surface area contributed by atoms with Crippen molar-refractivity contribution in [2.24, 2.45) is 4.99 Å². The van der Waals surface area contributed by atoms with Gasteiger partial charge >= 0.3 is 0 Å². The molecule has 0 aliphatic carbocycles. The molecule has 0 saturated carbocycles. The predicted molar refractivity (Wildman–Crippen MR) is 119 cm³/mol. The minimum Gasteiger partial charge on any atom is -0.467 e. The van der Waals surface area contributed by atoms with Crippen molar-refractivity contribution in [3.63, 3.8) is 0 Å². The molecule has 1 heterocycles. The van der Waals surface area contributed by atoms with Crippen molar-refractivity contribution in [1.29, 1.82) is 0 Å². The van der Waals surface area contributed by atoms with Crippen LogP contribution in [-0.2, 0) is 19.6 Å². The van der Waals surface area contributed by atoms with Gasteiger partial charge in [0, 0.05) is 18.7 Å². The summed E-state index contributed by atoms with van der Waals surface area (Å²) in [4.78, 5) is 17.1. The Bertz CT molecular complexity index is 980. The molecule has 0 aliphatic heterocycles. The minimum atomic E-state index is -0.131. The van der Waals surface area contributed by atoms with Crippen LogP contribution in [0.15, 0.2) is 76.3 Å². The van der Waals surface area contributed by atoms with E-state index in [1.165, 1.54) is 11.1 Å². The third-order valence-corrected chi connectivity index (χ3v) is 4.50. The van der Waals surface area contributed by atoms with Crippen LogP contribution in [0.3, 0.4) is 0 Å². The summed E-state index contributed by atoms with van der Waals surface area (Å²) in [6, 6.07) is 19.5. The Morgan fingerprint density at radius 2 is 1.77 bits per heavy atom. The number of nitrogens with one attached hydrogen (secondary N) is 3. The van der Waals surface area contributed by atoms with Crippen molar-refractivity contribution in [2.45, 2.75) is 33.5 Å². The van der Waals surface area contributed by atoms with Gasteiger partial charge in [-0.3, -0.25) is 4.79 Å². The van der Waals surface area contributed by atoms with E-state index >= 15 is 0 Å². The summed E-state index contributed by atoms with van der Waals surface area (Å²) < 4.78 is 5.25. The molecule has 6 nitrogen and oxygen atoms in total. The van der Waals surface area contributed by atoms with Crippen molar-refractivity contribution in [3.05, 3.63) is 94.9 Å². The van der Waals surface area contributed by atoms with Crippen molar-refractivity contribution >= 4 is 11.9 Å².